The predicted molar refractivity (Wildman–Crippen MR) is 106 cm³/mol. The molecule has 1 aliphatic carbocycles. The van der Waals surface area contributed by atoms with Crippen molar-refractivity contribution in [3.8, 4) is 0 Å². The number of pyridine rings is 1. The summed E-state index contributed by atoms with van der Waals surface area (Å²) in [4.78, 5) is 21.6. The number of amides is 1. The zero-order valence-corrected chi connectivity index (χ0v) is 15.8. The van der Waals surface area contributed by atoms with E-state index in [9.17, 15) is 4.79 Å². The first-order valence-electron chi connectivity index (χ1n) is 10.3. The van der Waals surface area contributed by atoms with Gasteiger partial charge in [0.15, 0.2) is 0 Å². The van der Waals surface area contributed by atoms with E-state index in [1.165, 1.54) is 32.4 Å². The molecule has 3 aliphatic rings. The van der Waals surface area contributed by atoms with Gasteiger partial charge in [-0.25, -0.2) is 0 Å². The summed E-state index contributed by atoms with van der Waals surface area (Å²) in [6.07, 6.45) is 9.43. The minimum atomic E-state index is 0.125. The van der Waals surface area contributed by atoms with Crippen LogP contribution in [0.2, 0.25) is 0 Å². The summed E-state index contributed by atoms with van der Waals surface area (Å²) in [5.74, 6) is 0.125. The summed E-state index contributed by atoms with van der Waals surface area (Å²) in [5, 5.41) is 0. The molecular formula is C23H27N3O. The lowest BCUT2D eigenvalue weighted by atomic mass is 9.73. The third-order valence-electron chi connectivity index (χ3n) is 6.97. The van der Waals surface area contributed by atoms with E-state index in [2.05, 4.69) is 34.1 Å². The number of fused-ring (bicyclic) bond motifs is 2. The molecule has 27 heavy (non-hydrogen) atoms. The van der Waals surface area contributed by atoms with E-state index in [1.54, 1.807) is 23.5 Å². The van der Waals surface area contributed by atoms with Gasteiger partial charge < -0.3 is 4.90 Å². The maximum absolute atomic E-state index is 12.8. The molecule has 2 aliphatic heterocycles. The fourth-order valence-electron chi connectivity index (χ4n) is 5.52. The van der Waals surface area contributed by atoms with Crippen LogP contribution in [-0.2, 0) is 5.41 Å². The molecule has 0 bridgehead atoms. The van der Waals surface area contributed by atoms with Gasteiger partial charge in [-0.05, 0) is 68.5 Å². The van der Waals surface area contributed by atoms with Crippen LogP contribution in [0, 0.1) is 0 Å². The maximum atomic E-state index is 12.8. The highest BCUT2D eigenvalue weighted by atomic mass is 16.2. The zero-order chi connectivity index (χ0) is 18.3. The molecule has 3 heterocycles. The van der Waals surface area contributed by atoms with Crippen LogP contribution in [0.5, 0.6) is 0 Å². The number of nitrogens with zero attached hydrogens (tertiary/aromatic N) is 3. The first kappa shape index (κ1) is 16.9. The molecule has 140 valence electrons. The molecular weight excluding hydrogens is 334 g/mol. The van der Waals surface area contributed by atoms with Gasteiger partial charge in [-0.1, -0.05) is 24.3 Å². The second kappa shape index (κ2) is 6.75. The Bertz CT molecular complexity index is 821. The molecule has 1 spiro atoms. The van der Waals surface area contributed by atoms with E-state index >= 15 is 0 Å². The van der Waals surface area contributed by atoms with Gasteiger partial charge in [0, 0.05) is 36.9 Å². The van der Waals surface area contributed by atoms with E-state index < -0.39 is 0 Å². The molecule has 2 saturated heterocycles. The van der Waals surface area contributed by atoms with E-state index in [0.29, 0.717) is 11.6 Å². The van der Waals surface area contributed by atoms with Crippen molar-refractivity contribution in [1.29, 1.82) is 0 Å². The van der Waals surface area contributed by atoms with Crippen LogP contribution in [0.1, 0.15) is 59.6 Å². The molecule has 0 unspecified atom stereocenters. The van der Waals surface area contributed by atoms with Crippen molar-refractivity contribution in [3.05, 3.63) is 65.5 Å². The number of carbonyl (C=O) groups excluding carboxylic acids is 1. The third kappa shape index (κ3) is 2.87. The first-order chi connectivity index (χ1) is 13.3. The summed E-state index contributed by atoms with van der Waals surface area (Å²) in [5.41, 5.74) is 4.05. The number of benzene rings is 1. The number of rotatable bonds is 2. The van der Waals surface area contributed by atoms with Gasteiger partial charge in [-0.2, -0.15) is 0 Å². The molecule has 1 aromatic carbocycles. The average Bonchev–Trinajstić information content (AvgIpc) is 3.36. The fourth-order valence-corrected chi connectivity index (χ4v) is 5.52. The molecule has 4 nitrogen and oxygen atoms in total. The quantitative estimate of drug-likeness (QED) is 0.816. The maximum Gasteiger partial charge on any atom is 0.255 e. The van der Waals surface area contributed by atoms with Gasteiger partial charge in [-0.15, -0.1) is 0 Å². The Morgan fingerprint density at radius 3 is 2.52 bits per heavy atom. The van der Waals surface area contributed by atoms with E-state index in [-0.39, 0.29) is 11.3 Å². The Morgan fingerprint density at radius 1 is 1.00 bits per heavy atom. The van der Waals surface area contributed by atoms with Crippen molar-refractivity contribution in [2.24, 2.45) is 0 Å². The van der Waals surface area contributed by atoms with Crippen LogP contribution in [0.3, 0.4) is 0 Å². The van der Waals surface area contributed by atoms with Crippen LogP contribution in [0.15, 0.2) is 48.8 Å². The van der Waals surface area contributed by atoms with E-state index in [4.69, 9.17) is 0 Å². The summed E-state index contributed by atoms with van der Waals surface area (Å²) in [6, 6.07) is 13.4. The van der Waals surface area contributed by atoms with Crippen LogP contribution < -0.4 is 0 Å². The van der Waals surface area contributed by atoms with Crippen molar-refractivity contribution < 1.29 is 4.79 Å². The number of piperidine rings is 1. The summed E-state index contributed by atoms with van der Waals surface area (Å²) in [6.45, 7) is 4.16. The normalized spacial score (nSPS) is 24.3. The highest BCUT2D eigenvalue weighted by Crippen LogP contribution is 2.53. The van der Waals surface area contributed by atoms with Crippen molar-refractivity contribution in [2.75, 3.05) is 26.2 Å². The molecule has 1 atom stereocenters. The van der Waals surface area contributed by atoms with Gasteiger partial charge in [0.1, 0.15) is 0 Å². The Morgan fingerprint density at radius 2 is 1.78 bits per heavy atom. The molecule has 4 heteroatoms. The van der Waals surface area contributed by atoms with Gasteiger partial charge in [0.05, 0.1) is 5.56 Å². The van der Waals surface area contributed by atoms with Gasteiger partial charge in [0.2, 0.25) is 0 Å². The lowest BCUT2D eigenvalue weighted by Gasteiger charge is -2.40. The Labute approximate surface area is 161 Å². The van der Waals surface area contributed by atoms with E-state index in [1.807, 2.05) is 17.0 Å². The molecule has 5 rings (SSSR count). The number of hydrogen-bond acceptors (Lipinski definition) is 3. The molecule has 2 aromatic rings. The predicted octanol–water partition coefficient (Wildman–Crippen LogP) is 3.80. The van der Waals surface area contributed by atoms with Gasteiger partial charge in [0.25, 0.3) is 5.91 Å². The zero-order valence-electron chi connectivity index (χ0n) is 15.8. The summed E-state index contributed by atoms with van der Waals surface area (Å²) < 4.78 is 0. The summed E-state index contributed by atoms with van der Waals surface area (Å²) in [7, 11) is 0. The molecule has 0 radical (unpaired) electrons. The number of aromatic nitrogens is 1. The second-order valence-electron chi connectivity index (χ2n) is 8.36. The van der Waals surface area contributed by atoms with Crippen molar-refractivity contribution in [2.45, 2.75) is 43.6 Å². The SMILES string of the molecule is O=C(c1cccnc1)N1CCC2(CC1)C[C@@H](N1CCCC1)c1ccccc12. The number of likely N-dealkylation sites (tertiary alicyclic amines) is 2. The lowest BCUT2D eigenvalue weighted by Crippen LogP contribution is -2.44. The highest BCUT2D eigenvalue weighted by molar-refractivity contribution is 5.93. The third-order valence-corrected chi connectivity index (χ3v) is 6.97. The Balaban J connectivity index is 1.37. The lowest BCUT2D eigenvalue weighted by molar-refractivity contribution is 0.0649. The molecule has 0 saturated carbocycles. The smallest absolute Gasteiger partial charge is 0.255 e. The second-order valence-corrected chi connectivity index (χ2v) is 8.36. The summed E-state index contributed by atoms with van der Waals surface area (Å²) >= 11 is 0. The van der Waals surface area contributed by atoms with Crippen LogP contribution in [-0.4, -0.2) is 46.9 Å². The minimum Gasteiger partial charge on any atom is -0.339 e. The standard InChI is InChI=1S/C23H27N3O/c27-22(18-6-5-11-24-17-18)26-14-9-23(10-15-26)16-21(25-12-3-4-13-25)19-7-1-2-8-20(19)23/h1-2,5-8,11,17,21H,3-4,9-10,12-16H2/t21-/m1/s1. The average molecular weight is 361 g/mol. The van der Waals surface area contributed by atoms with Crippen molar-refractivity contribution >= 4 is 5.91 Å². The Kier molecular flexibility index (Phi) is 4.24. The minimum absolute atomic E-state index is 0.125. The Hall–Kier alpha value is -2.20. The molecule has 0 N–H and O–H groups in total. The number of hydrogen-bond donors (Lipinski definition) is 0. The topological polar surface area (TPSA) is 36.4 Å². The van der Waals surface area contributed by atoms with Crippen molar-refractivity contribution in [3.63, 3.8) is 0 Å². The fraction of sp³-hybridized carbons (Fsp3) is 0.478. The molecule has 1 amide bonds. The van der Waals surface area contributed by atoms with Crippen LogP contribution >= 0.6 is 0 Å². The van der Waals surface area contributed by atoms with Gasteiger partial charge >= 0.3 is 0 Å². The monoisotopic (exact) mass is 361 g/mol. The highest BCUT2D eigenvalue weighted by Gasteiger charge is 2.47. The molecule has 2 fully saturated rings. The first-order valence-corrected chi connectivity index (χ1v) is 10.3. The molecule has 1 aromatic heterocycles. The van der Waals surface area contributed by atoms with Gasteiger partial charge in [-0.3, -0.25) is 14.7 Å². The van der Waals surface area contributed by atoms with Crippen LogP contribution in [0.25, 0.3) is 0 Å². The number of carbonyl (C=O) groups is 1. The van der Waals surface area contributed by atoms with E-state index in [0.717, 1.165) is 25.9 Å². The van der Waals surface area contributed by atoms with Crippen molar-refractivity contribution in [1.82, 2.24) is 14.8 Å². The largest absolute Gasteiger partial charge is 0.339 e. The van der Waals surface area contributed by atoms with Crippen LogP contribution in [0.4, 0.5) is 0 Å².